The van der Waals surface area contributed by atoms with Crippen LogP contribution in [0.15, 0.2) is 18.2 Å². The van der Waals surface area contributed by atoms with Gasteiger partial charge in [-0.25, -0.2) is 0 Å². The lowest BCUT2D eigenvalue weighted by molar-refractivity contribution is -0.0231. The third kappa shape index (κ3) is 2.87. The van der Waals surface area contributed by atoms with Crippen LogP contribution in [0, 0.1) is 11.8 Å². The van der Waals surface area contributed by atoms with Crippen LogP contribution in [-0.4, -0.2) is 42.9 Å². The van der Waals surface area contributed by atoms with Gasteiger partial charge in [-0.3, -0.25) is 4.90 Å². The molecule has 4 unspecified atom stereocenters. The summed E-state index contributed by atoms with van der Waals surface area (Å²) in [5, 5.41) is 10.5. The molecule has 1 aromatic rings. The van der Waals surface area contributed by atoms with Gasteiger partial charge >= 0.3 is 0 Å². The van der Waals surface area contributed by atoms with Crippen molar-refractivity contribution >= 4 is 0 Å². The predicted octanol–water partition coefficient (Wildman–Crippen LogP) is 2.47. The first kappa shape index (κ1) is 14.7. The zero-order valence-electron chi connectivity index (χ0n) is 13.1. The first-order valence-corrected chi connectivity index (χ1v) is 7.81. The Bertz CT molecular complexity index is 495. The van der Waals surface area contributed by atoms with Gasteiger partial charge in [0.2, 0.25) is 0 Å². The Morgan fingerprint density at radius 3 is 2.62 bits per heavy atom. The Morgan fingerprint density at radius 1 is 1.24 bits per heavy atom. The smallest absolute Gasteiger partial charge is 0.124 e. The molecule has 4 heteroatoms. The van der Waals surface area contributed by atoms with Crippen LogP contribution in [0.3, 0.4) is 0 Å². The second-order valence-electron chi connectivity index (χ2n) is 6.63. The molecular weight excluding hydrogens is 266 g/mol. The van der Waals surface area contributed by atoms with Crippen molar-refractivity contribution in [3.8, 4) is 11.5 Å². The van der Waals surface area contributed by atoms with E-state index in [1.165, 1.54) is 6.42 Å². The molecule has 2 heterocycles. The van der Waals surface area contributed by atoms with Crippen molar-refractivity contribution in [2.24, 2.45) is 11.8 Å². The summed E-state index contributed by atoms with van der Waals surface area (Å²) in [7, 11) is 1.67. The lowest BCUT2D eigenvalue weighted by Crippen LogP contribution is -2.48. The van der Waals surface area contributed by atoms with Gasteiger partial charge < -0.3 is 14.6 Å². The average Bonchev–Trinajstić information content (AvgIpc) is 2.45. The van der Waals surface area contributed by atoms with Crippen molar-refractivity contribution in [3.63, 3.8) is 0 Å². The van der Waals surface area contributed by atoms with E-state index in [4.69, 9.17) is 9.47 Å². The molecule has 4 atom stereocenters. The van der Waals surface area contributed by atoms with Crippen molar-refractivity contribution < 1.29 is 14.6 Å². The number of benzene rings is 1. The molecule has 1 aromatic carbocycles. The van der Waals surface area contributed by atoms with Crippen LogP contribution in [0.5, 0.6) is 11.5 Å². The fourth-order valence-electron chi connectivity index (χ4n) is 3.87. The lowest BCUT2D eigenvalue weighted by atomic mass is 9.87. The summed E-state index contributed by atoms with van der Waals surface area (Å²) in [4.78, 5) is 2.42. The molecule has 1 N–H and O–H groups in total. The van der Waals surface area contributed by atoms with Gasteiger partial charge in [0.15, 0.2) is 0 Å². The number of aliphatic hydroxyl groups excluding tert-OH is 1. The van der Waals surface area contributed by atoms with Crippen LogP contribution in [0.25, 0.3) is 0 Å². The number of methoxy groups -OCH3 is 1. The van der Waals surface area contributed by atoms with E-state index in [-0.39, 0.29) is 6.04 Å². The van der Waals surface area contributed by atoms with Crippen molar-refractivity contribution in [3.05, 3.63) is 23.8 Å². The topological polar surface area (TPSA) is 41.9 Å². The average molecular weight is 291 g/mol. The molecule has 0 bridgehead atoms. The molecule has 3 rings (SSSR count). The van der Waals surface area contributed by atoms with Gasteiger partial charge in [-0.1, -0.05) is 13.8 Å². The maximum absolute atomic E-state index is 10.5. The Kier molecular flexibility index (Phi) is 4.09. The highest BCUT2D eigenvalue weighted by Crippen LogP contribution is 2.40. The number of ether oxygens (including phenoxy) is 2. The largest absolute Gasteiger partial charge is 0.497 e. The maximum Gasteiger partial charge on any atom is 0.124 e. The first-order valence-electron chi connectivity index (χ1n) is 7.81. The summed E-state index contributed by atoms with van der Waals surface area (Å²) in [5.74, 6) is 3.02. The molecule has 0 aromatic heterocycles. The zero-order chi connectivity index (χ0) is 15.0. The highest BCUT2D eigenvalue weighted by molar-refractivity contribution is 5.44. The quantitative estimate of drug-likeness (QED) is 0.909. The molecule has 0 spiro atoms. The maximum atomic E-state index is 10.5. The molecule has 21 heavy (non-hydrogen) atoms. The Morgan fingerprint density at radius 2 is 1.95 bits per heavy atom. The van der Waals surface area contributed by atoms with Gasteiger partial charge in [0.1, 0.15) is 24.2 Å². The Labute approximate surface area is 126 Å². The number of nitrogens with zero attached hydrogens (tertiary/aromatic N) is 1. The van der Waals surface area contributed by atoms with Gasteiger partial charge in [0.25, 0.3) is 0 Å². The molecule has 0 aliphatic carbocycles. The molecule has 4 nitrogen and oxygen atoms in total. The number of fused-ring (bicyclic) bond motifs is 1. The fourth-order valence-corrected chi connectivity index (χ4v) is 3.87. The molecule has 1 saturated heterocycles. The van der Waals surface area contributed by atoms with Crippen LogP contribution >= 0.6 is 0 Å². The van der Waals surface area contributed by atoms with Gasteiger partial charge in [0.05, 0.1) is 13.2 Å². The van der Waals surface area contributed by atoms with Crippen molar-refractivity contribution in [1.29, 1.82) is 0 Å². The molecular formula is C17H25NO3. The molecule has 0 saturated carbocycles. The molecule has 1 fully saturated rings. The molecule has 2 aliphatic heterocycles. The fraction of sp³-hybridized carbons (Fsp3) is 0.647. The third-order valence-corrected chi connectivity index (χ3v) is 4.60. The lowest BCUT2D eigenvalue weighted by Gasteiger charge is -2.44. The summed E-state index contributed by atoms with van der Waals surface area (Å²) in [5.41, 5.74) is 1.05. The van der Waals surface area contributed by atoms with Crippen LogP contribution in [0.4, 0.5) is 0 Å². The number of likely N-dealkylation sites (tertiary alicyclic amines) is 1. The van der Waals surface area contributed by atoms with Gasteiger partial charge in [0, 0.05) is 18.7 Å². The highest BCUT2D eigenvalue weighted by atomic mass is 16.5. The number of hydrogen-bond donors (Lipinski definition) is 1. The van der Waals surface area contributed by atoms with E-state index in [0.717, 1.165) is 30.2 Å². The van der Waals surface area contributed by atoms with Gasteiger partial charge in [-0.05, 0) is 36.5 Å². The second-order valence-corrected chi connectivity index (χ2v) is 6.63. The number of hydrogen-bond acceptors (Lipinski definition) is 4. The van der Waals surface area contributed by atoms with E-state index in [9.17, 15) is 5.11 Å². The van der Waals surface area contributed by atoms with Crippen LogP contribution in [-0.2, 0) is 0 Å². The SMILES string of the molecule is COc1ccc2c(c1)C(N1CC(C)CC(C)C1)C(O)CO2. The first-order chi connectivity index (χ1) is 10.1. The van der Waals surface area contributed by atoms with Crippen molar-refractivity contribution in [1.82, 2.24) is 4.90 Å². The van der Waals surface area contributed by atoms with Crippen LogP contribution in [0.2, 0.25) is 0 Å². The number of piperidine rings is 1. The minimum absolute atomic E-state index is 0.00838. The minimum atomic E-state index is -0.484. The van der Waals surface area contributed by atoms with E-state index in [2.05, 4.69) is 18.7 Å². The van der Waals surface area contributed by atoms with E-state index in [0.29, 0.717) is 18.4 Å². The summed E-state index contributed by atoms with van der Waals surface area (Å²) in [6.07, 6.45) is 0.781. The number of aliphatic hydroxyl groups is 1. The van der Waals surface area contributed by atoms with E-state index in [1.54, 1.807) is 7.11 Å². The van der Waals surface area contributed by atoms with Crippen molar-refractivity contribution in [2.75, 3.05) is 26.8 Å². The van der Waals surface area contributed by atoms with E-state index < -0.39 is 6.10 Å². The van der Waals surface area contributed by atoms with Crippen LogP contribution < -0.4 is 9.47 Å². The zero-order valence-corrected chi connectivity index (χ0v) is 13.1. The molecule has 0 radical (unpaired) electrons. The van der Waals surface area contributed by atoms with E-state index >= 15 is 0 Å². The normalized spacial score (nSPS) is 33.1. The van der Waals surface area contributed by atoms with Gasteiger partial charge in [-0.2, -0.15) is 0 Å². The minimum Gasteiger partial charge on any atom is -0.497 e. The monoisotopic (exact) mass is 291 g/mol. The van der Waals surface area contributed by atoms with Gasteiger partial charge in [-0.15, -0.1) is 0 Å². The molecule has 116 valence electrons. The second kappa shape index (κ2) is 5.85. The summed E-state index contributed by atoms with van der Waals surface area (Å²) in [6, 6.07) is 5.87. The standard InChI is InChI=1S/C17H25NO3/c1-11-6-12(2)9-18(8-11)17-14-7-13(20-3)4-5-16(14)21-10-15(17)19/h4-5,7,11-12,15,17,19H,6,8-10H2,1-3H3. The highest BCUT2D eigenvalue weighted by Gasteiger charge is 2.37. The molecule has 0 amide bonds. The predicted molar refractivity (Wildman–Crippen MR) is 81.8 cm³/mol. The summed E-state index contributed by atoms with van der Waals surface area (Å²) in [6.45, 7) is 7.01. The summed E-state index contributed by atoms with van der Waals surface area (Å²) < 4.78 is 11.0. The van der Waals surface area contributed by atoms with Crippen LogP contribution in [0.1, 0.15) is 31.9 Å². The third-order valence-electron chi connectivity index (χ3n) is 4.60. The Balaban J connectivity index is 1.94. The Hall–Kier alpha value is -1.26. The van der Waals surface area contributed by atoms with E-state index in [1.807, 2.05) is 18.2 Å². The number of rotatable bonds is 2. The van der Waals surface area contributed by atoms with Crippen molar-refractivity contribution in [2.45, 2.75) is 32.4 Å². The summed E-state index contributed by atoms with van der Waals surface area (Å²) >= 11 is 0. The molecule has 2 aliphatic rings.